The van der Waals surface area contributed by atoms with Crippen molar-refractivity contribution < 1.29 is 4.79 Å². The molecule has 1 saturated heterocycles. The molecule has 0 saturated carbocycles. The van der Waals surface area contributed by atoms with E-state index in [9.17, 15) is 9.59 Å². The first-order valence-electron chi connectivity index (χ1n) is 10.0. The minimum absolute atomic E-state index is 0.0102. The molecule has 4 rings (SSSR count). The van der Waals surface area contributed by atoms with Gasteiger partial charge < -0.3 is 10.2 Å². The number of rotatable bonds is 6. The zero-order valence-electron chi connectivity index (χ0n) is 16.8. The van der Waals surface area contributed by atoms with E-state index >= 15 is 0 Å². The summed E-state index contributed by atoms with van der Waals surface area (Å²) in [6.45, 7) is 4.06. The van der Waals surface area contributed by atoms with Crippen molar-refractivity contribution in [3.8, 4) is 10.6 Å². The van der Waals surface area contributed by atoms with E-state index in [0.29, 0.717) is 25.3 Å². The fourth-order valence-corrected chi connectivity index (χ4v) is 4.27. The van der Waals surface area contributed by atoms with Crippen LogP contribution in [0.1, 0.15) is 18.5 Å². The molecule has 30 heavy (non-hydrogen) atoms. The second kappa shape index (κ2) is 9.17. The first-order valence-corrected chi connectivity index (χ1v) is 10.9. The highest BCUT2D eigenvalue weighted by Gasteiger charge is 2.26. The summed E-state index contributed by atoms with van der Waals surface area (Å²) in [6.07, 6.45) is 3.29. The van der Waals surface area contributed by atoms with Gasteiger partial charge in [-0.15, -0.1) is 21.5 Å². The summed E-state index contributed by atoms with van der Waals surface area (Å²) in [4.78, 5) is 31.9. The Morgan fingerprint density at radius 2 is 2.20 bits per heavy atom. The fraction of sp³-hybridized carbons (Fsp3) is 0.381. The van der Waals surface area contributed by atoms with Gasteiger partial charge in [-0.2, -0.15) is 0 Å². The van der Waals surface area contributed by atoms with Gasteiger partial charge in [0.15, 0.2) is 5.82 Å². The number of carbonyl (C=O) groups excluding carboxylic acids is 1. The standard InChI is InChI=1S/C21H24N6O2S/c1-15-12-20(28)27(14-23-15)10-8-22-21(29)16-4-2-9-26(13-16)19-7-6-17(24-25-19)18-5-3-11-30-18/h3,5-7,11-12,14,16H,2,4,8-10,13H2,1H3,(H,22,29). The molecule has 1 amide bonds. The maximum atomic E-state index is 12.6. The van der Waals surface area contributed by atoms with Crippen LogP contribution in [0.2, 0.25) is 0 Å². The summed E-state index contributed by atoms with van der Waals surface area (Å²) >= 11 is 1.63. The van der Waals surface area contributed by atoms with Crippen LogP contribution < -0.4 is 15.8 Å². The second-order valence-electron chi connectivity index (χ2n) is 7.39. The maximum Gasteiger partial charge on any atom is 0.253 e. The molecule has 8 nitrogen and oxygen atoms in total. The molecule has 3 aromatic rings. The minimum Gasteiger partial charge on any atom is -0.354 e. The van der Waals surface area contributed by atoms with Gasteiger partial charge in [-0.3, -0.25) is 14.2 Å². The molecule has 1 N–H and O–H groups in total. The van der Waals surface area contributed by atoms with Crippen LogP contribution in [0.5, 0.6) is 0 Å². The number of thiophene rings is 1. The summed E-state index contributed by atoms with van der Waals surface area (Å²) < 4.78 is 1.51. The number of hydrogen-bond acceptors (Lipinski definition) is 7. The highest BCUT2D eigenvalue weighted by molar-refractivity contribution is 7.13. The lowest BCUT2D eigenvalue weighted by molar-refractivity contribution is -0.125. The second-order valence-corrected chi connectivity index (χ2v) is 8.34. The molecule has 0 bridgehead atoms. The molecule has 3 aromatic heterocycles. The van der Waals surface area contributed by atoms with Crippen molar-refractivity contribution in [3.05, 3.63) is 58.1 Å². The van der Waals surface area contributed by atoms with Crippen LogP contribution in [0.4, 0.5) is 5.82 Å². The van der Waals surface area contributed by atoms with Crippen LogP contribution >= 0.6 is 11.3 Å². The zero-order chi connectivity index (χ0) is 20.9. The van der Waals surface area contributed by atoms with Crippen molar-refractivity contribution in [2.45, 2.75) is 26.3 Å². The first-order chi connectivity index (χ1) is 14.6. The number of anilines is 1. The molecular weight excluding hydrogens is 400 g/mol. The van der Waals surface area contributed by atoms with Gasteiger partial charge in [-0.05, 0) is 43.3 Å². The Morgan fingerprint density at radius 1 is 1.30 bits per heavy atom. The van der Waals surface area contributed by atoms with E-state index in [0.717, 1.165) is 35.8 Å². The predicted molar refractivity (Wildman–Crippen MR) is 117 cm³/mol. The van der Waals surface area contributed by atoms with Gasteiger partial charge in [0.1, 0.15) is 5.69 Å². The number of amides is 1. The largest absolute Gasteiger partial charge is 0.354 e. The van der Waals surface area contributed by atoms with Crippen molar-refractivity contribution >= 4 is 23.1 Å². The van der Waals surface area contributed by atoms with Gasteiger partial charge in [-0.1, -0.05) is 6.07 Å². The van der Waals surface area contributed by atoms with Gasteiger partial charge in [0.25, 0.3) is 5.56 Å². The van der Waals surface area contributed by atoms with E-state index in [2.05, 4.69) is 25.4 Å². The Labute approximate surface area is 178 Å². The molecule has 1 aliphatic rings. The van der Waals surface area contributed by atoms with Crippen LogP contribution in [0.3, 0.4) is 0 Å². The van der Waals surface area contributed by atoms with Crippen molar-refractivity contribution in [1.82, 2.24) is 25.1 Å². The molecule has 0 spiro atoms. The summed E-state index contributed by atoms with van der Waals surface area (Å²) in [5.74, 6) is 0.700. The highest BCUT2D eigenvalue weighted by Crippen LogP contribution is 2.25. The first kappa shape index (κ1) is 20.2. The van der Waals surface area contributed by atoms with E-state index < -0.39 is 0 Å². The summed E-state index contributed by atoms with van der Waals surface area (Å²) in [7, 11) is 0. The number of aromatic nitrogens is 4. The van der Waals surface area contributed by atoms with Crippen LogP contribution in [0.15, 0.2) is 46.8 Å². The van der Waals surface area contributed by atoms with Gasteiger partial charge in [0.05, 0.1) is 17.1 Å². The van der Waals surface area contributed by atoms with Gasteiger partial charge in [-0.25, -0.2) is 4.98 Å². The van der Waals surface area contributed by atoms with E-state index in [4.69, 9.17) is 0 Å². The Bertz CT molecular complexity index is 1050. The topological polar surface area (TPSA) is 93.0 Å². The van der Waals surface area contributed by atoms with E-state index in [1.165, 1.54) is 17.0 Å². The van der Waals surface area contributed by atoms with E-state index in [-0.39, 0.29) is 17.4 Å². The third kappa shape index (κ3) is 4.73. The van der Waals surface area contributed by atoms with E-state index in [1.807, 2.05) is 29.6 Å². The lowest BCUT2D eigenvalue weighted by Gasteiger charge is -2.32. The Kier molecular flexibility index (Phi) is 6.18. The number of hydrogen-bond donors (Lipinski definition) is 1. The van der Waals surface area contributed by atoms with Crippen LogP contribution in [0, 0.1) is 12.8 Å². The third-order valence-electron chi connectivity index (χ3n) is 5.21. The molecule has 0 radical (unpaired) electrons. The van der Waals surface area contributed by atoms with Gasteiger partial charge in [0.2, 0.25) is 5.91 Å². The average molecular weight is 425 g/mol. The number of nitrogens with one attached hydrogen (secondary N) is 1. The normalized spacial score (nSPS) is 16.4. The van der Waals surface area contributed by atoms with Crippen LogP contribution in [-0.2, 0) is 11.3 Å². The van der Waals surface area contributed by atoms with Crippen molar-refractivity contribution in [2.75, 3.05) is 24.5 Å². The summed E-state index contributed by atoms with van der Waals surface area (Å²) in [5, 5.41) is 13.7. The molecular formula is C21H24N6O2S. The van der Waals surface area contributed by atoms with Crippen LogP contribution in [0.25, 0.3) is 10.6 Å². The quantitative estimate of drug-likeness (QED) is 0.651. The number of nitrogens with zero attached hydrogens (tertiary/aromatic N) is 5. The summed E-state index contributed by atoms with van der Waals surface area (Å²) in [6, 6.07) is 9.46. The number of piperidine rings is 1. The van der Waals surface area contributed by atoms with E-state index in [1.54, 1.807) is 18.3 Å². The molecule has 1 unspecified atom stereocenters. The lowest BCUT2D eigenvalue weighted by Crippen LogP contribution is -2.44. The predicted octanol–water partition coefficient (Wildman–Crippen LogP) is 2.10. The molecule has 0 aliphatic carbocycles. The average Bonchev–Trinajstić information content (AvgIpc) is 3.30. The van der Waals surface area contributed by atoms with Gasteiger partial charge in [0, 0.05) is 37.9 Å². The molecule has 9 heteroatoms. The monoisotopic (exact) mass is 424 g/mol. The number of aryl methyl sites for hydroxylation is 1. The highest BCUT2D eigenvalue weighted by atomic mass is 32.1. The molecule has 156 valence electrons. The third-order valence-corrected chi connectivity index (χ3v) is 6.10. The molecule has 1 atom stereocenters. The minimum atomic E-state index is -0.106. The Balaban J connectivity index is 1.32. The van der Waals surface area contributed by atoms with Crippen molar-refractivity contribution in [1.29, 1.82) is 0 Å². The van der Waals surface area contributed by atoms with Gasteiger partial charge >= 0.3 is 0 Å². The maximum absolute atomic E-state index is 12.6. The van der Waals surface area contributed by atoms with Crippen molar-refractivity contribution in [2.24, 2.45) is 5.92 Å². The smallest absolute Gasteiger partial charge is 0.253 e. The lowest BCUT2D eigenvalue weighted by atomic mass is 9.97. The zero-order valence-corrected chi connectivity index (χ0v) is 17.6. The Hall–Kier alpha value is -3.07. The molecule has 0 aromatic carbocycles. The van der Waals surface area contributed by atoms with Crippen molar-refractivity contribution in [3.63, 3.8) is 0 Å². The molecule has 4 heterocycles. The fourth-order valence-electron chi connectivity index (χ4n) is 3.58. The van der Waals surface area contributed by atoms with Crippen LogP contribution in [-0.4, -0.2) is 45.3 Å². The Morgan fingerprint density at radius 3 is 2.93 bits per heavy atom. The summed E-state index contributed by atoms with van der Waals surface area (Å²) in [5.41, 5.74) is 1.44. The molecule has 1 aliphatic heterocycles. The SMILES string of the molecule is Cc1cc(=O)n(CCNC(=O)C2CCCN(c3ccc(-c4cccs4)nn3)C2)cn1. The number of carbonyl (C=O) groups is 1. The molecule has 1 fully saturated rings.